The highest BCUT2D eigenvalue weighted by Gasteiger charge is 2.66. The zero-order chi connectivity index (χ0) is 12.4. The molecule has 3 rings (SSSR count). The molecule has 0 unspecified atom stereocenters. The molecule has 0 radical (unpaired) electrons. The van der Waals surface area contributed by atoms with E-state index < -0.39 is 0 Å². The number of rotatable bonds is 1. The van der Waals surface area contributed by atoms with Crippen LogP contribution in [-0.4, -0.2) is 22.4 Å². The SMILES string of the molecule is CC(C)[C@H]1CC[C@@]2(C)O[C@]3(C)CC[C@H]2[C@@H]3[C@H]1O. The monoisotopic (exact) mass is 238 g/mol. The van der Waals surface area contributed by atoms with E-state index in [-0.39, 0.29) is 17.3 Å². The summed E-state index contributed by atoms with van der Waals surface area (Å²) in [4.78, 5) is 0. The van der Waals surface area contributed by atoms with Gasteiger partial charge in [-0.05, 0) is 57.3 Å². The van der Waals surface area contributed by atoms with Gasteiger partial charge in [-0.1, -0.05) is 13.8 Å². The van der Waals surface area contributed by atoms with E-state index in [1.807, 2.05) is 0 Å². The van der Waals surface area contributed by atoms with Gasteiger partial charge in [-0.3, -0.25) is 0 Å². The van der Waals surface area contributed by atoms with Crippen molar-refractivity contribution in [2.24, 2.45) is 23.7 Å². The molecule has 98 valence electrons. The third kappa shape index (κ3) is 1.46. The number of hydrogen-bond donors (Lipinski definition) is 1. The summed E-state index contributed by atoms with van der Waals surface area (Å²) >= 11 is 0. The van der Waals surface area contributed by atoms with Crippen LogP contribution in [0.3, 0.4) is 0 Å². The normalized spacial score (nSPS) is 57.5. The van der Waals surface area contributed by atoms with Crippen molar-refractivity contribution >= 4 is 0 Å². The Hall–Kier alpha value is -0.0800. The molecule has 6 atom stereocenters. The first-order valence-electron chi connectivity index (χ1n) is 7.26. The van der Waals surface area contributed by atoms with Gasteiger partial charge in [0.15, 0.2) is 0 Å². The molecule has 0 aromatic carbocycles. The second-order valence-electron chi connectivity index (χ2n) is 7.34. The van der Waals surface area contributed by atoms with Gasteiger partial charge in [-0.15, -0.1) is 0 Å². The van der Waals surface area contributed by atoms with Crippen molar-refractivity contribution in [1.82, 2.24) is 0 Å². The molecule has 1 heterocycles. The van der Waals surface area contributed by atoms with Crippen LogP contribution in [0.4, 0.5) is 0 Å². The summed E-state index contributed by atoms with van der Waals surface area (Å²) in [7, 11) is 0. The molecule has 1 N–H and O–H groups in total. The van der Waals surface area contributed by atoms with E-state index in [9.17, 15) is 5.11 Å². The number of aliphatic hydroxyl groups excluding tert-OH is 1. The summed E-state index contributed by atoms with van der Waals surface area (Å²) in [6.07, 6.45) is 4.48. The predicted octanol–water partition coefficient (Wildman–Crippen LogP) is 2.99. The number of hydrogen-bond acceptors (Lipinski definition) is 2. The van der Waals surface area contributed by atoms with Crippen LogP contribution in [-0.2, 0) is 4.74 Å². The Kier molecular flexibility index (Phi) is 2.45. The van der Waals surface area contributed by atoms with Crippen molar-refractivity contribution in [2.45, 2.75) is 70.7 Å². The standard InChI is InChI=1S/C15H26O2/c1-9(2)10-5-7-14(3)11-6-8-15(4,17-14)12(11)13(10)16/h9-13,16H,5-8H2,1-4H3/t10-,11+,12-,13+,14-,15-/m1/s1. The van der Waals surface area contributed by atoms with Crippen LogP contribution >= 0.6 is 0 Å². The fourth-order valence-electron chi connectivity index (χ4n) is 5.08. The van der Waals surface area contributed by atoms with Crippen molar-refractivity contribution in [3.63, 3.8) is 0 Å². The molecular formula is C15H26O2. The maximum absolute atomic E-state index is 10.8. The van der Waals surface area contributed by atoms with E-state index in [1.165, 1.54) is 6.42 Å². The average Bonchev–Trinajstić information content (AvgIpc) is 2.59. The van der Waals surface area contributed by atoms with Crippen molar-refractivity contribution in [3.05, 3.63) is 0 Å². The van der Waals surface area contributed by atoms with Crippen LogP contribution in [0.15, 0.2) is 0 Å². The summed E-state index contributed by atoms with van der Waals surface area (Å²) in [5.41, 5.74) is -0.00528. The zero-order valence-electron chi connectivity index (χ0n) is 11.6. The Bertz CT molecular complexity index is 325. The van der Waals surface area contributed by atoms with Crippen LogP contribution in [0.1, 0.15) is 53.4 Å². The molecular weight excluding hydrogens is 212 g/mol. The van der Waals surface area contributed by atoms with Crippen molar-refractivity contribution in [1.29, 1.82) is 0 Å². The smallest absolute Gasteiger partial charge is 0.0718 e. The lowest BCUT2D eigenvalue weighted by Gasteiger charge is -2.40. The summed E-state index contributed by atoms with van der Waals surface area (Å²) in [6, 6.07) is 0. The molecule has 1 saturated heterocycles. The van der Waals surface area contributed by atoms with Crippen molar-refractivity contribution < 1.29 is 9.84 Å². The van der Waals surface area contributed by atoms with Crippen LogP contribution in [0.2, 0.25) is 0 Å². The largest absolute Gasteiger partial charge is 0.392 e. The summed E-state index contributed by atoms with van der Waals surface area (Å²) in [5, 5.41) is 10.8. The first-order chi connectivity index (χ1) is 7.87. The molecule has 2 nitrogen and oxygen atoms in total. The fraction of sp³-hybridized carbons (Fsp3) is 1.00. The van der Waals surface area contributed by atoms with E-state index in [1.54, 1.807) is 0 Å². The molecule has 17 heavy (non-hydrogen) atoms. The van der Waals surface area contributed by atoms with Gasteiger partial charge in [0.05, 0.1) is 17.3 Å². The van der Waals surface area contributed by atoms with E-state index in [0.717, 1.165) is 19.3 Å². The molecule has 3 aliphatic rings. The van der Waals surface area contributed by atoms with Crippen LogP contribution in [0, 0.1) is 23.7 Å². The van der Waals surface area contributed by atoms with E-state index in [0.29, 0.717) is 23.7 Å². The van der Waals surface area contributed by atoms with Crippen molar-refractivity contribution in [3.8, 4) is 0 Å². The van der Waals surface area contributed by atoms with Gasteiger partial charge in [0.25, 0.3) is 0 Å². The van der Waals surface area contributed by atoms with E-state index >= 15 is 0 Å². The molecule has 2 saturated carbocycles. The van der Waals surface area contributed by atoms with Gasteiger partial charge in [-0.25, -0.2) is 0 Å². The lowest BCUT2D eigenvalue weighted by molar-refractivity contribution is -0.148. The average molecular weight is 238 g/mol. The second-order valence-corrected chi connectivity index (χ2v) is 7.34. The molecule has 0 spiro atoms. The Labute approximate surface area is 105 Å². The Morgan fingerprint density at radius 1 is 1.12 bits per heavy atom. The molecule has 0 aromatic rings. The highest BCUT2D eigenvalue weighted by molar-refractivity contribution is 5.14. The number of aliphatic hydroxyl groups is 1. The van der Waals surface area contributed by atoms with Gasteiger partial charge in [0.1, 0.15) is 0 Å². The minimum absolute atomic E-state index is 0.0439. The van der Waals surface area contributed by atoms with Crippen LogP contribution in [0.25, 0.3) is 0 Å². The first-order valence-corrected chi connectivity index (χ1v) is 7.26. The fourth-order valence-corrected chi connectivity index (χ4v) is 5.08. The molecule has 0 aromatic heterocycles. The number of ether oxygens (including phenoxy) is 1. The van der Waals surface area contributed by atoms with Gasteiger partial charge in [-0.2, -0.15) is 0 Å². The zero-order valence-corrected chi connectivity index (χ0v) is 11.6. The lowest BCUT2D eigenvalue weighted by Crippen LogP contribution is -2.43. The minimum atomic E-state index is -0.156. The first kappa shape index (κ1) is 12.0. The highest BCUT2D eigenvalue weighted by atomic mass is 16.5. The van der Waals surface area contributed by atoms with Gasteiger partial charge >= 0.3 is 0 Å². The Balaban J connectivity index is 1.98. The van der Waals surface area contributed by atoms with Gasteiger partial charge in [0, 0.05) is 5.92 Å². The highest BCUT2D eigenvalue weighted by Crippen LogP contribution is 2.62. The van der Waals surface area contributed by atoms with Crippen LogP contribution < -0.4 is 0 Å². The summed E-state index contributed by atoms with van der Waals surface area (Å²) in [5.74, 6) is 2.01. The summed E-state index contributed by atoms with van der Waals surface area (Å²) < 4.78 is 6.38. The predicted molar refractivity (Wildman–Crippen MR) is 67.7 cm³/mol. The maximum Gasteiger partial charge on any atom is 0.0718 e. The Morgan fingerprint density at radius 2 is 1.76 bits per heavy atom. The topological polar surface area (TPSA) is 29.5 Å². The third-order valence-corrected chi connectivity index (χ3v) is 5.98. The molecule has 2 aliphatic carbocycles. The maximum atomic E-state index is 10.8. The molecule has 0 amide bonds. The summed E-state index contributed by atoms with van der Waals surface area (Å²) in [6.45, 7) is 9.01. The second kappa shape index (κ2) is 3.48. The van der Waals surface area contributed by atoms with Gasteiger partial charge < -0.3 is 9.84 Å². The quantitative estimate of drug-likeness (QED) is 0.761. The van der Waals surface area contributed by atoms with E-state index in [4.69, 9.17) is 4.74 Å². The molecule has 1 aliphatic heterocycles. The van der Waals surface area contributed by atoms with E-state index in [2.05, 4.69) is 27.7 Å². The van der Waals surface area contributed by atoms with Crippen LogP contribution in [0.5, 0.6) is 0 Å². The lowest BCUT2D eigenvalue weighted by atomic mass is 9.76. The minimum Gasteiger partial charge on any atom is -0.392 e. The van der Waals surface area contributed by atoms with Gasteiger partial charge in [0.2, 0.25) is 0 Å². The molecule has 3 fully saturated rings. The molecule has 2 heteroatoms. The Morgan fingerprint density at radius 3 is 2.41 bits per heavy atom. The molecule has 4 bridgehead atoms. The van der Waals surface area contributed by atoms with Crippen molar-refractivity contribution in [2.75, 3.05) is 0 Å². The third-order valence-electron chi connectivity index (χ3n) is 5.98.